The van der Waals surface area contributed by atoms with Crippen molar-refractivity contribution in [2.24, 2.45) is 0 Å². The predicted octanol–water partition coefficient (Wildman–Crippen LogP) is 5.69. The molecule has 1 saturated heterocycles. The van der Waals surface area contributed by atoms with Crippen molar-refractivity contribution in [3.05, 3.63) is 105 Å². The summed E-state index contributed by atoms with van der Waals surface area (Å²) in [5, 5.41) is 12.5. The van der Waals surface area contributed by atoms with Gasteiger partial charge in [-0.2, -0.15) is 5.26 Å². The second kappa shape index (κ2) is 11.9. The molecule has 1 N–H and O–H groups in total. The first kappa shape index (κ1) is 26.2. The number of amides is 2. The Bertz CT molecular complexity index is 1380. The quantitative estimate of drug-likeness (QED) is 0.221. The van der Waals surface area contributed by atoms with E-state index in [1.165, 1.54) is 28.8 Å². The molecule has 3 aromatic rings. The van der Waals surface area contributed by atoms with E-state index in [-0.39, 0.29) is 23.1 Å². The largest absolute Gasteiger partial charge is 0.462 e. The van der Waals surface area contributed by atoms with Crippen LogP contribution in [0.25, 0.3) is 0 Å². The molecule has 37 heavy (non-hydrogen) atoms. The van der Waals surface area contributed by atoms with Crippen LogP contribution < -0.4 is 10.2 Å². The van der Waals surface area contributed by atoms with E-state index in [9.17, 15) is 19.6 Å². The van der Waals surface area contributed by atoms with E-state index >= 15 is 0 Å². The summed E-state index contributed by atoms with van der Waals surface area (Å²) in [5.74, 6) is -1.31. The molecule has 1 unspecified atom stereocenters. The number of hydrogen-bond acceptors (Lipinski definition) is 6. The van der Waals surface area contributed by atoms with E-state index in [1.807, 2.05) is 36.4 Å². The maximum atomic E-state index is 13.5. The maximum Gasteiger partial charge on any atom is 0.338 e. The van der Waals surface area contributed by atoms with Crippen LogP contribution in [-0.4, -0.2) is 29.6 Å². The van der Waals surface area contributed by atoms with Crippen molar-refractivity contribution < 1.29 is 19.1 Å². The Kier molecular flexibility index (Phi) is 8.43. The minimum atomic E-state index is -0.646. The first-order valence-electron chi connectivity index (χ1n) is 11.4. The Morgan fingerprint density at radius 3 is 2.35 bits per heavy atom. The molecule has 0 radical (unpaired) electrons. The SMILES string of the molecule is CCOC(=O)c1ccc(NC(=O)C(C#N)=C2SC(Cc3ccc(Br)cc3)C(=O)N2c2ccccc2)cc1. The van der Waals surface area contributed by atoms with E-state index < -0.39 is 17.1 Å². The standard InChI is InChI=1S/C28H22BrN3O4S/c1-2-36-28(35)19-10-14-21(15-11-19)31-25(33)23(17-30)27-32(22-6-4-3-5-7-22)26(34)24(37-27)16-18-8-12-20(29)13-9-18/h3-15,24H,2,16H2,1H3,(H,31,33). The summed E-state index contributed by atoms with van der Waals surface area (Å²) in [4.78, 5) is 40.0. The zero-order valence-electron chi connectivity index (χ0n) is 19.8. The summed E-state index contributed by atoms with van der Waals surface area (Å²) in [5.41, 5.74) is 2.12. The van der Waals surface area contributed by atoms with Gasteiger partial charge in [0.15, 0.2) is 0 Å². The minimum absolute atomic E-state index is 0.171. The summed E-state index contributed by atoms with van der Waals surface area (Å²) in [6.45, 7) is 1.98. The van der Waals surface area contributed by atoms with Crippen molar-refractivity contribution in [2.75, 3.05) is 16.8 Å². The summed E-state index contributed by atoms with van der Waals surface area (Å²) in [6, 6.07) is 24.8. The Labute approximate surface area is 227 Å². The number of benzene rings is 3. The highest BCUT2D eigenvalue weighted by atomic mass is 79.9. The molecule has 9 heteroatoms. The molecule has 1 heterocycles. The van der Waals surface area contributed by atoms with Gasteiger partial charge in [-0.1, -0.05) is 58.0 Å². The number of rotatable bonds is 7. The van der Waals surface area contributed by atoms with Gasteiger partial charge in [0, 0.05) is 15.8 Å². The highest BCUT2D eigenvalue weighted by Crippen LogP contribution is 2.42. The predicted molar refractivity (Wildman–Crippen MR) is 147 cm³/mol. The summed E-state index contributed by atoms with van der Waals surface area (Å²) < 4.78 is 5.91. The van der Waals surface area contributed by atoms with Gasteiger partial charge in [0.05, 0.1) is 17.4 Å². The maximum absolute atomic E-state index is 13.5. The Morgan fingerprint density at radius 2 is 1.73 bits per heavy atom. The van der Waals surface area contributed by atoms with Gasteiger partial charge in [0.1, 0.15) is 16.7 Å². The molecular formula is C28H22BrN3O4S. The molecule has 1 aliphatic rings. The summed E-state index contributed by atoms with van der Waals surface area (Å²) >= 11 is 4.62. The van der Waals surface area contributed by atoms with Crippen molar-refractivity contribution in [2.45, 2.75) is 18.6 Å². The molecule has 2 amide bonds. The van der Waals surface area contributed by atoms with Crippen molar-refractivity contribution in [3.63, 3.8) is 0 Å². The van der Waals surface area contributed by atoms with Gasteiger partial charge in [0.25, 0.3) is 5.91 Å². The first-order valence-corrected chi connectivity index (χ1v) is 13.1. The average Bonchev–Trinajstić information content (AvgIpc) is 3.22. The van der Waals surface area contributed by atoms with Crippen LogP contribution in [0.5, 0.6) is 0 Å². The number of nitriles is 1. The molecule has 1 aliphatic heterocycles. The molecule has 3 aromatic carbocycles. The molecular weight excluding hydrogens is 554 g/mol. The van der Waals surface area contributed by atoms with E-state index in [0.717, 1.165) is 10.0 Å². The molecule has 186 valence electrons. The number of esters is 1. The number of anilines is 2. The normalized spacial score (nSPS) is 16.2. The highest BCUT2D eigenvalue weighted by molar-refractivity contribution is 9.10. The molecule has 0 spiro atoms. The van der Waals surface area contributed by atoms with Gasteiger partial charge in [-0.25, -0.2) is 4.79 Å². The monoisotopic (exact) mass is 575 g/mol. The smallest absolute Gasteiger partial charge is 0.338 e. The van der Waals surface area contributed by atoms with Crippen LogP contribution in [0, 0.1) is 11.3 Å². The number of nitrogens with zero attached hydrogens (tertiary/aromatic N) is 2. The van der Waals surface area contributed by atoms with Gasteiger partial charge < -0.3 is 10.1 Å². The molecule has 0 bridgehead atoms. The number of thioether (sulfide) groups is 1. The minimum Gasteiger partial charge on any atom is -0.462 e. The third kappa shape index (κ3) is 6.10. The molecule has 7 nitrogen and oxygen atoms in total. The van der Waals surface area contributed by atoms with Gasteiger partial charge in [-0.15, -0.1) is 0 Å². The fourth-order valence-electron chi connectivity index (χ4n) is 3.73. The third-order valence-electron chi connectivity index (χ3n) is 5.51. The lowest BCUT2D eigenvalue weighted by Gasteiger charge is -2.18. The topological polar surface area (TPSA) is 99.5 Å². The number of nitrogens with one attached hydrogen (secondary N) is 1. The molecule has 1 fully saturated rings. The van der Waals surface area contributed by atoms with Crippen molar-refractivity contribution in [1.29, 1.82) is 5.26 Å². The molecule has 4 rings (SSSR count). The van der Waals surface area contributed by atoms with Crippen LogP contribution in [-0.2, 0) is 20.7 Å². The van der Waals surface area contributed by atoms with Crippen molar-refractivity contribution in [1.82, 2.24) is 0 Å². The molecule has 1 atom stereocenters. The lowest BCUT2D eigenvalue weighted by Crippen LogP contribution is -2.30. The van der Waals surface area contributed by atoms with Crippen LogP contribution >= 0.6 is 27.7 Å². The number of carbonyl (C=O) groups is 3. The molecule has 0 aromatic heterocycles. The van der Waals surface area contributed by atoms with Crippen molar-refractivity contribution in [3.8, 4) is 6.07 Å². The zero-order chi connectivity index (χ0) is 26.4. The van der Waals surface area contributed by atoms with Crippen LogP contribution in [0.3, 0.4) is 0 Å². The second-order valence-corrected chi connectivity index (χ2v) is 10.1. The first-order chi connectivity index (χ1) is 17.9. The summed E-state index contributed by atoms with van der Waals surface area (Å²) in [6.07, 6.45) is 0.444. The van der Waals surface area contributed by atoms with E-state index in [4.69, 9.17) is 4.74 Å². The molecule has 0 aliphatic carbocycles. The average molecular weight is 576 g/mol. The fraction of sp³-hybridized carbons (Fsp3) is 0.143. The third-order valence-corrected chi connectivity index (χ3v) is 7.30. The number of hydrogen-bond donors (Lipinski definition) is 1. The molecule has 0 saturated carbocycles. The van der Waals surface area contributed by atoms with Crippen LogP contribution in [0.15, 0.2) is 93.9 Å². The number of ether oxygens (including phenoxy) is 1. The summed E-state index contributed by atoms with van der Waals surface area (Å²) in [7, 11) is 0. The van der Waals surface area contributed by atoms with E-state index in [0.29, 0.717) is 23.4 Å². The van der Waals surface area contributed by atoms with Crippen LogP contribution in [0.4, 0.5) is 11.4 Å². The van der Waals surface area contributed by atoms with Crippen LogP contribution in [0.2, 0.25) is 0 Å². The zero-order valence-corrected chi connectivity index (χ0v) is 22.2. The number of para-hydroxylation sites is 1. The van der Waals surface area contributed by atoms with Gasteiger partial charge in [0.2, 0.25) is 5.91 Å². The van der Waals surface area contributed by atoms with Crippen LogP contribution in [0.1, 0.15) is 22.8 Å². The van der Waals surface area contributed by atoms with Gasteiger partial charge >= 0.3 is 5.97 Å². The Hall–Kier alpha value is -3.87. The highest BCUT2D eigenvalue weighted by Gasteiger charge is 2.40. The second-order valence-electron chi connectivity index (χ2n) is 7.99. The Balaban J connectivity index is 1.63. The van der Waals surface area contributed by atoms with Gasteiger partial charge in [-0.3, -0.25) is 14.5 Å². The lowest BCUT2D eigenvalue weighted by atomic mass is 10.1. The number of halogens is 1. The fourth-order valence-corrected chi connectivity index (χ4v) is 5.30. The van der Waals surface area contributed by atoms with Crippen molar-refractivity contribution >= 4 is 56.9 Å². The van der Waals surface area contributed by atoms with E-state index in [1.54, 1.807) is 43.3 Å². The Morgan fingerprint density at radius 1 is 1.05 bits per heavy atom. The van der Waals surface area contributed by atoms with Gasteiger partial charge in [-0.05, 0) is 67.4 Å². The van der Waals surface area contributed by atoms with E-state index in [2.05, 4.69) is 21.2 Å². The number of carbonyl (C=O) groups excluding carboxylic acids is 3. The lowest BCUT2D eigenvalue weighted by molar-refractivity contribution is -0.117.